The van der Waals surface area contributed by atoms with Crippen LogP contribution in [-0.2, 0) is 16.0 Å². The Morgan fingerprint density at radius 1 is 1.17 bits per heavy atom. The fourth-order valence-electron chi connectivity index (χ4n) is 3.07. The standard InChI is InChI=1S/C19H34N6O2S.HI/c1-4-16-22-19(28-23-16)25-14-12-24(13-15-25)18(20-5-2)21-11-9-7-6-8-10-17(26)27-3;/h4-15H2,1-3H3,(H,20,21);1H. The van der Waals surface area contributed by atoms with Crippen molar-refractivity contribution in [3.8, 4) is 0 Å². The van der Waals surface area contributed by atoms with Crippen LogP contribution in [0.15, 0.2) is 4.99 Å². The number of halogens is 1. The molecule has 0 unspecified atom stereocenters. The van der Waals surface area contributed by atoms with Crippen molar-refractivity contribution in [3.63, 3.8) is 0 Å². The van der Waals surface area contributed by atoms with Gasteiger partial charge < -0.3 is 19.9 Å². The lowest BCUT2D eigenvalue weighted by atomic mass is 10.1. The van der Waals surface area contributed by atoms with Crippen molar-refractivity contribution in [1.82, 2.24) is 19.6 Å². The third-order valence-corrected chi connectivity index (χ3v) is 5.55. The summed E-state index contributed by atoms with van der Waals surface area (Å²) in [6, 6.07) is 0. The average Bonchev–Trinajstić information content (AvgIpc) is 3.21. The van der Waals surface area contributed by atoms with Crippen molar-refractivity contribution in [2.45, 2.75) is 52.4 Å². The predicted molar refractivity (Wildman–Crippen MR) is 130 cm³/mol. The first-order chi connectivity index (χ1) is 13.7. The Bertz CT molecular complexity index is 620. The van der Waals surface area contributed by atoms with Gasteiger partial charge in [-0.05, 0) is 19.8 Å². The first-order valence-electron chi connectivity index (χ1n) is 10.4. The molecule has 0 saturated carbocycles. The van der Waals surface area contributed by atoms with Crippen molar-refractivity contribution in [1.29, 1.82) is 0 Å². The van der Waals surface area contributed by atoms with E-state index in [1.54, 1.807) is 0 Å². The number of rotatable bonds is 10. The fourth-order valence-corrected chi connectivity index (χ4v) is 3.88. The van der Waals surface area contributed by atoms with Gasteiger partial charge in [0.15, 0.2) is 5.96 Å². The number of piperazine rings is 1. The quantitative estimate of drug-likeness (QED) is 0.161. The molecule has 2 rings (SSSR count). The lowest BCUT2D eigenvalue weighted by molar-refractivity contribution is -0.140. The predicted octanol–water partition coefficient (Wildman–Crippen LogP) is 2.93. The number of hydrogen-bond acceptors (Lipinski definition) is 7. The molecule has 1 fully saturated rings. The zero-order valence-corrected chi connectivity index (χ0v) is 21.0. The van der Waals surface area contributed by atoms with Gasteiger partial charge in [0.25, 0.3) is 0 Å². The van der Waals surface area contributed by atoms with Gasteiger partial charge in [-0.1, -0.05) is 19.8 Å². The fraction of sp³-hybridized carbons (Fsp3) is 0.789. The van der Waals surface area contributed by atoms with Crippen LogP contribution in [0.2, 0.25) is 0 Å². The first-order valence-corrected chi connectivity index (χ1v) is 11.1. The molecule has 0 amide bonds. The van der Waals surface area contributed by atoms with E-state index in [-0.39, 0.29) is 29.9 Å². The summed E-state index contributed by atoms with van der Waals surface area (Å²) in [6.07, 6.45) is 5.47. The van der Waals surface area contributed by atoms with Gasteiger partial charge in [0.1, 0.15) is 5.82 Å². The van der Waals surface area contributed by atoms with Gasteiger partial charge in [0, 0.05) is 63.6 Å². The Hall–Kier alpha value is -1.17. The number of guanidine groups is 1. The highest BCUT2D eigenvalue weighted by atomic mass is 127. The summed E-state index contributed by atoms with van der Waals surface area (Å²) >= 11 is 1.50. The highest BCUT2D eigenvalue weighted by Gasteiger charge is 2.21. The Labute approximate surface area is 195 Å². The lowest BCUT2D eigenvalue weighted by Crippen LogP contribution is -2.52. The average molecular weight is 539 g/mol. The largest absolute Gasteiger partial charge is 0.469 e. The maximum absolute atomic E-state index is 11.1. The van der Waals surface area contributed by atoms with Gasteiger partial charge in [0.2, 0.25) is 5.13 Å². The zero-order chi connectivity index (χ0) is 20.2. The molecule has 0 spiro atoms. The number of carbonyl (C=O) groups is 1. The smallest absolute Gasteiger partial charge is 0.305 e. The number of ether oxygens (including phenoxy) is 1. The second-order valence-electron chi connectivity index (χ2n) is 6.80. The molecule has 0 radical (unpaired) electrons. The highest BCUT2D eigenvalue weighted by molar-refractivity contribution is 14.0. The van der Waals surface area contributed by atoms with E-state index in [9.17, 15) is 4.79 Å². The molecule has 8 nitrogen and oxygen atoms in total. The van der Waals surface area contributed by atoms with E-state index in [1.165, 1.54) is 18.6 Å². The normalized spacial score (nSPS) is 14.5. The summed E-state index contributed by atoms with van der Waals surface area (Å²) < 4.78 is 9.05. The third kappa shape index (κ3) is 9.02. The van der Waals surface area contributed by atoms with Gasteiger partial charge in [-0.25, -0.2) is 4.98 Å². The van der Waals surface area contributed by atoms with E-state index in [0.717, 1.165) is 88.3 Å². The molecule has 1 saturated heterocycles. The van der Waals surface area contributed by atoms with E-state index >= 15 is 0 Å². The van der Waals surface area contributed by atoms with Crippen LogP contribution in [0.1, 0.15) is 51.8 Å². The van der Waals surface area contributed by atoms with Crippen molar-refractivity contribution in [3.05, 3.63) is 5.82 Å². The molecule has 0 bridgehead atoms. The molecule has 0 aliphatic carbocycles. The van der Waals surface area contributed by atoms with E-state index in [2.05, 4.69) is 43.1 Å². The molecule has 29 heavy (non-hydrogen) atoms. The van der Waals surface area contributed by atoms with Crippen LogP contribution < -0.4 is 10.2 Å². The maximum atomic E-state index is 11.1. The number of aliphatic imine (C=N–C) groups is 1. The summed E-state index contributed by atoms with van der Waals surface area (Å²) in [6.45, 7) is 9.63. The van der Waals surface area contributed by atoms with Crippen LogP contribution in [0.25, 0.3) is 0 Å². The number of esters is 1. The van der Waals surface area contributed by atoms with Crippen molar-refractivity contribution in [2.24, 2.45) is 4.99 Å². The molecule has 10 heteroatoms. The summed E-state index contributed by atoms with van der Waals surface area (Å²) in [4.78, 5) is 25.1. The van der Waals surface area contributed by atoms with E-state index < -0.39 is 0 Å². The summed E-state index contributed by atoms with van der Waals surface area (Å²) in [7, 11) is 1.44. The number of nitrogens with zero attached hydrogens (tertiary/aromatic N) is 5. The van der Waals surface area contributed by atoms with Gasteiger partial charge in [-0.3, -0.25) is 9.79 Å². The van der Waals surface area contributed by atoms with Gasteiger partial charge in [-0.2, -0.15) is 4.37 Å². The lowest BCUT2D eigenvalue weighted by Gasteiger charge is -2.36. The van der Waals surface area contributed by atoms with Crippen LogP contribution in [0, 0.1) is 0 Å². The van der Waals surface area contributed by atoms with Gasteiger partial charge >= 0.3 is 5.97 Å². The highest BCUT2D eigenvalue weighted by Crippen LogP contribution is 2.19. The van der Waals surface area contributed by atoms with E-state index in [1.807, 2.05) is 0 Å². The maximum Gasteiger partial charge on any atom is 0.305 e. The number of unbranched alkanes of at least 4 members (excludes halogenated alkanes) is 3. The molecule has 1 aliphatic heterocycles. The minimum Gasteiger partial charge on any atom is -0.469 e. The summed E-state index contributed by atoms with van der Waals surface area (Å²) in [5, 5.41) is 4.45. The van der Waals surface area contributed by atoms with Crippen molar-refractivity contribution < 1.29 is 9.53 Å². The Balaban J connectivity index is 0.00000420. The molecule has 1 aromatic heterocycles. The molecule has 0 atom stereocenters. The number of aromatic nitrogens is 2. The molecule has 1 N–H and O–H groups in total. The molecule has 0 aromatic carbocycles. The van der Waals surface area contributed by atoms with E-state index in [0.29, 0.717) is 6.42 Å². The van der Waals surface area contributed by atoms with Crippen LogP contribution >= 0.6 is 35.5 Å². The topological polar surface area (TPSA) is 83.0 Å². The number of aryl methyl sites for hydroxylation is 1. The number of carbonyl (C=O) groups excluding carboxylic acids is 1. The van der Waals surface area contributed by atoms with Crippen LogP contribution in [-0.4, -0.2) is 72.6 Å². The number of nitrogens with one attached hydrogen (secondary N) is 1. The molecule has 166 valence electrons. The van der Waals surface area contributed by atoms with Crippen LogP contribution in [0.4, 0.5) is 5.13 Å². The number of methoxy groups -OCH3 is 1. The third-order valence-electron chi connectivity index (χ3n) is 4.74. The summed E-state index contributed by atoms with van der Waals surface area (Å²) in [5.74, 6) is 1.82. The molecular weight excluding hydrogens is 503 g/mol. The van der Waals surface area contributed by atoms with Crippen molar-refractivity contribution >= 4 is 52.6 Å². The SMILES string of the molecule is CCNC(=NCCCCCCC(=O)OC)N1CCN(c2nc(CC)ns2)CC1.I. The second kappa shape index (κ2) is 14.8. The molecule has 2 heterocycles. The molecule has 1 aromatic rings. The minimum atomic E-state index is -0.119. The summed E-state index contributed by atoms with van der Waals surface area (Å²) in [5.41, 5.74) is 0. The minimum absolute atomic E-state index is 0. The monoisotopic (exact) mass is 538 g/mol. The first kappa shape index (κ1) is 25.9. The zero-order valence-electron chi connectivity index (χ0n) is 17.9. The Morgan fingerprint density at radius 2 is 1.90 bits per heavy atom. The van der Waals surface area contributed by atoms with Gasteiger partial charge in [0.05, 0.1) is 7.11 Å². The molecule has 1 aliphatic rings. The van der Waals surface area contributed by atoms with E-state index in [4.69, 9.17) is 4.99 Å². The van der Waals surface area contributed by atoms with Crippen LogP contribution in [0.3, 0.4) is 0 Å². The van der Waals surface area contributed by atoms with Crippen LogP contribution in [0.5, 0.6) is 0 Å². The number of hydrogen-bond donors (Lipinski definition) is 1. The Kier molecular flexibility index (Phi) is 13.2. The Morgan fingerprint density at radius 3 is 2.52 bits per heavy atom. The number of anilines is 1. The van der Waals surface area contributed by atoms with Crippen molar-refractivity contribution in [2.75, 3.05) is 51.3 Å². The second-order valence-corrected chi connectivity index (χ2v) is 7.53. The molecular formula is C19H35IN6O2S. The van der Waals surface area contributed by atoms with Gasteiger partial charge in [-0.15, -0.1) is 24.0 Å².